The van der Waals surface area contributed by atoms with Crippen molar-refractivity contribution in [3.63, 3.8) is 0 Å². The summed E-state index contributed by atoms with van der Waals surface area (Å²) in [5.41, 5.74) is 1.79. The van der Waals surface area contributed by atoms with Gasteiger partial charge in [-0.2, -0.15) is 0 Å². The first-order chi connectivity index (χ1) is 8.36. The number of hydrogen-bond donors (Lipinski definition) is 2. The van der Waals surface area contributed by atoms with Gasteiger partial charge in [-0.25, -0.2) is 0 Å². The molecule has 1 aromatic rings. The lowest BCUT2D eigenvalue weighted by Gasteiger charge is -2.23. The minimum atomic E-state index is -0.413. The number of aryl methyl sites for hydroxylation is 1. The average molecular weight is 269 g/mol. The molecule has 0 aliphatic carbocycles. The van der Waals surface area contributed by atoms with Crippen molar-refractivity contribution in [2.45, 2.75) is 27.3 Å². The normalized spacial score (nSPS) is 11.4. The Labute approximate surface area is 114 Å². The van der Waals surface area contributed by atoms with Gasteiger partial charge in [-0.1, -0.05) is 23.7 Å². The van der Waals surface area contributed by atoms with Crippen LogP contribution < -0.4 is 10.6 Å². The first-order valence-electron chi connectivity index (χ1n) is 6.05. The summed E-state index contributed by atoms with van der Waals surface area (Å²) in [6, 6.07) is 6.00. The Morgan fingerprint density at radius 1 is 1.39 bits per heavy atom. The summed E-state index contributed by atoms with van der Waals surface area (Å²) >= 11 is 6.06. The fourth-order valence-corrected chi connectivity index (χ4v) is 1.89. The lowest BCUT2D eigenvalue weighted by molar-refractivity contribution is -0.128. The molecule has 0 heterocycles. The topological polar surface area (TPSA) is 41.1 Å². The maximum atomic E-state index is 11.6. The molecule has 0 unspecified atom stereocenters. The molecule has 2 N–H and O–H groups in total. The van der Waals surface area contributed by atoms with Crippen LogP contribution in [0.2, 0.25) is 5.02 Å². The van der Waals surface area contributed by atoms with E-state index in [-0.39, 0.29) is 5.91 Å². The quantitative estimate of drug-likeness (QED) is 0.862. The molecule has 0 aromatic heterocycles. The molecule has 100 valence electrons. The second-order valence-electron chi connectivity index (χ2n) is 5.15. The SMILES string of the molecule is CNC(=O)C(C)(C)CNCc1ccc(C)c(Cl)c1. The Kier molecular flexibility index (Phi) is 5.17. The van der Waals surface area contributed by atoms with Crippen LogP contribution in [0.15, 0.2) is 18.2 Å². The van der Waals surface area contributed by atoms with E-state index in [2.05, 4.69) is 10.6 Å². The monoisotopic (exact) mass is 268 g/mol. The van der Waals surface area contributed by atoms with Crippen LogP contribution in [0.5, 0.6) is 0 Å². The largest absolute Gasteiger partial charge is 0.359 e. The molecule has 4 heteroatoms. The minimum Gasteiger partial charge on any atom is -0.359 e. The third kappa shape index (κ3) is 4.00. The van der Waals surface area contributed by atoms with E-state index < -0.39 is 5.41 Å². The van der Waals surface area contributed by atoms with E-state index in [0.29, 0.717) is 13.1 Å². The Hall–Kier alpha value is -1.06. The summed E-state index contributed by atoms with van der Waals surface area (Å²) in [4.78, 5) is 11.6. The first kappa shape index (κ1) is 15.0. The molecule has 1 rings (SSSR count). The molecule has 0 bridgehead atoms. The lowest BCUT2D eigenvalue weighted by Crippen LogP contribution is -2.41. The van der Waals surface area contributed by atoms with Crippen molar-refractivity contribution < 1.29 is 4.79 Å². The van der Waals surface area contributed by atoms with Gasteiger partial charge in [-0.3, -0.25) is 4.79 Å². The predicted octanol–water partition coefficient (Wildman–Crippen LogP) is 2.51. The summed E-state index contributed by atoms with van der Waals surface area (Å²) in [6.07, 6.45) is 0. The molecular formula is C14H21ClN2O. The van der Waals surface area contributed by atoms with E-state index in [4.69, 9.17) is 11.6 Å². The van der Waals surface area contributed by atoms with Crippen molar-refractivity contribution in [1.29, 1.82) is 0 Å². The van der Waals surface area contributed by atoms with Gasteiger partial charge in [0.1, 0.15) is 0 Å². The third-order valence-electron chi connectivity index (χ3n) is 2.97. The Balaban J connectivity index is 2.51. The van der Waals surface area contributed by atoms with Crippen molar-refractivity contribution in [1.82, 2.24) is 10.6 Å². The molecule has 0 aliphatic heterocycles. The molecule has 0 atom stereocenters. The number of carbonyl (C=O) groups excluding carboxylic acids is 1. The Morgan fingerprint density at radius 3 is 2.61 bits per heavy atom. The van der Waals surface area contributed by atoms with Gasteiger partial charge in [0, 0.05) is 25.2 Å². The van der Waals surface area contributed by atoms with E-state index in [9.17, 15) is 4.79 Å². The van der Waals surface area contributed by atoms with Crippen molar-refractivity contribution in [3.8, 4) is 0 Å². The molecule has 3 nitrogen and oxygen atoms in total. The molecule has 0 spiro atoms. The van der Waals surface area contributed by atoms with Gasteiger partial charge in [-0.15, -0.1) is 0 Å². The van der Waals surface area contributed by atoms with Gasteiger partial charge in [-0.05, 0) is 38.0 Å². The Morgan fingerprint density at radius 2 is 2.06 bits per heavy atom. The van der Waals surface area contributed by atoms with Crippen LogP contribution in [0, 0.1) is 12.3 Å². The summed E-state index contributed by atoms with van der Waals surface area (Å²) in [5, 5.41) is 6.73. The second kappa shape index (κ2) is 6.21. The number of amides is 1. The zero-order valence-corrected chi connectivity index (χ0v) is 12.2. The molecule has 0 radical (unpaired) electrons. The Bertz CT molecular complexity index is 430. The number of benzene rings is 1. The predicted molar refractivity (Wildman–Crippen MR) is 75.7 cm³/mol. The first-order valence-corrected chi connectivity index (χ1v) is 6.42. The minimum absolute atomic E-state index is 0.0388. The average Bonchev–Trinajstić information content (AvgIpc) is 2.32. The lowest BCUT2D eigenvalue weighted by atomic mass is 9.92. The molecule has 0 saturated carbocycles. The zero-order chi connectivity index (χ0) is 13.8. The van der Waals surface area contributed by atoms with Crippen molar-refractivity contribution in [3.05, 3.63) is 34.3 Å². The van der Waals surface area contributed by atoms with Gasteiger partial charge < -0.3 is 10.6 Å². The van der Waals surface area contributed by atoms with E-state index in [1.165, 1.54) is 0 Å². The molecular weight excluding hydrogens is 248 g/mol. The van der Waals surface area contributed by atoms with Gasteiger partial charge in [0.25, 0.3) is 0 Å². The zero-order valence-electron chi connectivity index (χ0n) is 11.4. The number of nitrogens with one attached hydrogen (secondary N) is 2. The van der Waals surface area contributed by atoms with Crippen LogP contribution in [0.1, 0.15) is 25.0 Å². The fraction of sp³-hybridized carbons (Fsp3) is 0.500. The summed E-state index contributed by atoms with van der Waals surface area (Å²) < 4.78 is 0. The number of hydrogen-bond acceptors (Lipinski definition) is 2. The van der Waals surface area contributed by atoms with Crippen molar-refractivity contribution in [2.75, 3.05) is 13.6 Å². The molecule has 1 amide bonds. The highest BCUT2D eigenvalue weighted by Gasteiger charge is 2.25. The van der Waals surface area contributed by atoms with Crippen LogP contribution in [0.25, 0.3) is 0 Å². The van der Waals surface area contributed by atoms with Gasteiger partial charge >= 0.3 is 0 Å². The fourth-order valence-electron chi connectivity index (χ4n) is 1.68. The van der Waals surface area contributed by atoms with E-state index in [1.807, 2.05) is 39.0 Å². The van der Waals surface area contributed by atoms with E-state index in [0.717, 1.165) is 16.1 Å². The maximum absolute atomic E-state index is 11.6. The highest BCUT2D eigenvalue weighted by Crippen LogP contribution is 2.17. The maximum Gasteiger partial charge on any atom is 0.226 e. The molecule has 0 fully saturated rings. The molecule has 18 heavy (non-hydrogen) atoms. The van der Waals surface area contributed by atoms with Crippen LogP contribution in [0.4, 0.5) is 0 Å². The summed E-state index contributed by atoms with van der Waals surface area (Å²) in [7, 11) is 1.66. The highest BCUT2D eigenvalue weighted by atomic mass is 35.5. The van der Waals surface area contributed by atoms with Crippen molar-refractivity contribution in [2.24, 2.45) is 5.41 Å². The summed E-state index contributed by atoms with van der Waals surface area (Å²) in [5.74, 6) is 0.0388. The van der Waals surface area contributed by atoms with Crippen LogP contribution in [0.3, 0.4) is 0 Å². The highest BCUT2D eigenvalue weighted by molar-refractivity contribution is 6.31. The third-order valence-corrected chi connectivity index (χ3v) is 3.38. The number of carbonyl (C=O) groups is 1. The standard InChI is InChI=1S/C14H21ClN2O/c1-10-5-6-11(7-12(10)15)8-17-9-14(2,3)13(18)16-4/h5-7,17H,8-9H2,1-4H3,(H,16,18). The molecule has 0 aliphatic rings. The van der Waals surface area contributed by atoms with Gasteiger partial charge in [0.05, 0.1) is 5.41 Å². The second-order valence-corrected chi connectivity index (χ2v) is 5.56. The molecule has 0 saturated heterocycles. The summed E-state index contributed by atoms with van der Waals surface area (Å²) in [6.45, 7) is 7.15. The van der Waals surface area contributed by atoms with Gasteiger partial charge in [0.15, 0.2) is 0 Å². The van der Waals surface area contributed by atoms with Crippen LogP contribution >= 0.6 is 11.6 Å². The smallest absolute Gasteiger partial charge is 0.226 e. The number of rotatable bonds is 5. The van der Waals surface area contributed by atoms with Crippen molar-refractivity contribution >= 4 is 17.5 Å². The van der Waals surface area contributed by atoms with E-state index in [1.54, 1.807) is 7.05 Å². The molecule has 1 aromatic carbocycles. The van der Waals surface area contributed by atoms with Crippen LogP contribution in [-0.2, 0) is 11.3 Å². The van der Waals surface area contributed by atoms with E-state index >= 15 is 0 Å². The van der Waals surface area contributed by atoms with Crippen LogP contribution in [-0.4, -0.2) is 19.5 Å². The van der Waals surface area contributed by atoms with Gasteiger partial charge in [0.2, 0.25) is 5.91 Å². The number of halogens is 1.